The number of halogens is 1. The first-order valence-electron chi connectivity index (χ1n) is 10.3. The molecule has 0 amide bonds. The van der Waals surface area contributed by atoms with Crippen molar-refractivity contribution in [2.24, 2.45) is 0 Å². The van der Waals surface area contributed by atoms with Crippen LogP contribution in [0.25, 0.3) is 44.7 Å². The average Bonchev–Trinajstić information content (AvgIpc) is 3.14. The third-order valence-corrected chi connectivity index (χ3v) is 6.64. The lowest BCUT2D eigenvalue weighted by atomic mass is 9.60. The molecule has 0 spiro atoms. The van der Waals surface area contributed by atoms with Gasteiger partial charge < -0.3 is 4.42 Å². The summed E-state index contributed by atoms with van der Waals surface area (Å²) >= 11 is 6.36. The van der Waals surface area contributed by atoms with Gasteiger partial charge in [-0.15, -0.1) is 16.4 Å². The Balaban J connectivity index is 1.71. The SMILES string of the molecule is Bc1c(B)c(B)c(-c2nc(Cl)nc(-c3ccc4c(c3)oc3ccccc34)n2)c(B)c1B. The number of aromatic nitrogens is 3. The predicted molar refractivity (Wildman–Crippen MR) is 144 cm³/mol. The average molecular weight is 417 g/mol. The van der Waals surface area contributed by atoms with Gasteiger partial charge in [0.2, 0.25) is 5.28 Å². The molecule has 10 heteroatoms. The Labute approximate surface area is 189 Å². The van der Waals surface area contributed by atoms with Crippen molar-refractivity contribution in [3.05, 3.63) is 47.7 Å². The molecule has 0 aliphatic rings. The van der Waals surface area contributed by atoms with Gasteiger partial charge in [0.1, 0.15) is 50.4 Å². The summed E-state index contributed by atoms with van der Waals surface area (Å²) in [6.45, 7) is 0. The van der Waals surface area contributed by atoms with Crippen LogP contribution in [-0.4, -0.2) is 54.2 Å². The molecular weight excluding hydrogens is 400 g/mol. The molecule has 0 bridgehead atoms. The second-order valence-electron chi connectivity index (χ2n) is 8.06. The molecule has 5 aromatic rings. The van der Waals surface area contributed by atoms with Crippen LogP contribution in [0.15, 0.2) is 46.9 Å². The number of para-hydroxylation sites is 1. The zero-order chi connectivity index (χ0) is 21.9. The fourth-order valence-electron chi connectivity index (χ4n) is 4.29. The summed E-state index contributed by atoms with van der Waals surface area (Å²) in [5.41, 5.74) is 9.66. The van der Waals surface area contributed by atoms with Crippen molar-refractivity contribution < 1.29 is 4.42 Å². The molecule has 0 fully saturated rings. The second kappa shape index (κ2) is 7.35. The minimum absolute atomic E-state index is 0.180. The maximum atomic E-state index is 6.36. The summed E-state index contributed by atoms with van der Waals surface area (Å²) in [5.74, 6) is 1.13. The number of benzene rings is 3. The molecule has 0 saturated carbocycles. The Morgan fingerprint density at radius 1 is 0.645 bits per heavy atom. The van der Waals surface area contributed by atoms with E-state index in [-0.39, 0.29) is 5.28 Å². The highest BCUT2D eigenvalue weighted by atomic mass is 35.5. The first-order valence-corrected chi connectivity index (χ1v) is 10.6. The van der Waals surface area contributed by atoms with Gasteiger partial charge in [0.05, 0.1) is 0 Å². The first-order chi connectivity index (χ1) is 14.8. The minimum atomic E-state index is 0.180. The number of fused-ring (bicyclic) bond motifs is 3. The van der Waals surface area contributed by atoms with E-state index in [1.807, 2.05) is 36.4 Å². The number of hydrogen-bond acceptors (Lipinski definition) is 4. The lowest BCUT2D eigenvalue weighted by molar-refractivity contribution is 0.669. The molecular formula is C21H17B5ClN3O. The highest BCUT2D eigenvalue weighted by Crippen LogP contribution is 2.31. The highest BCUT2D eigenvalue weighted by Gasteiger charge is 2.18. The van der Waals surface area contributed by atoms with Gasteiger partial charge in [0.25, 0.3) is 0 Å². The molecule has 0 radical (unpaired) electrons. The maximum Gasteiger partial charge on any atom is 0.226 e. The molecule has 144 valence electrons. The summed E-state index contributed by atoms with van der Waals surface area (Å²) in [4.78, 5) is 13.7. The third kappa shape index (κ3) is 3.19. The summed E-state index contributed by atoms with van der Waals surface area (Å²) in [7, 11) is 10.7. The van der Waals surface area contributed by atoms with Gasteiger partial charge >= 0.3 is 0 Å². The smallest absolute Gasteiger partial charge is 0.226 e. The van der Waals surface area contributed by atoms with Gasteiger partial charge in [-0.3, -0.25) is 0 Å². The van der Waals surface area contributed by atoms with Crippen LogP contribution in [0, 0.1) is 0 Å². The minimum Gasteiger partial charge on any atom is -0.456 e. The van der Waals surface area contributed by atoms with Gasteiger partial charge in [-0.05, 0) is 29.8 Å². The molecule has 0 unspecified atom stereocenters. The Bertz CT molecular complexity index is 1490. The van der Waals surface area contributed by atoms with Gasteiger partial charge in [0.15, 0.2) is 11.6 Å². The van der Waals surface area contributed by atoms with Crippen LogP contribution in [-0.2, 0) is 0 Å². The fourth-order valence-corrected chi connectivity index (χ4v) is 4.45. The van der Waals surface area contributed by atoms with E-state index in [0.717, 1.165) is 33.1 Å². The second-order valence-corrected chi connectivity index (χ2v) is 8.40. The molecule has 0 aliphatic carbocycles. The topological polar surface area (TPSA) is 51.8 Å². The summed E-state index contributed by atoms with van der Waals surface area (Å²) in [6, 6.07) is 14.0. The molecule has 3 aromatic carbocycles. The van der Waals surface area contributed by atoms with Crippen LogP contribution in [0.5, 0.6) is 0 Å². The largest absolute Gasteiger partial charge is 0.456 e. The van der Waals surface area contributed by atoms with Crippen molar-refractivity contribution in [1.29, 1.82) is 0 Å². The van der Waals surface area contributed by atoms with E-state index in [0.29, 0.717) is 11.6 Å². The molecule has 31 heavy (non-hydrogen) atoms. The highest BCUT2D eigenvalue weighted by molar-refractivity contribution is 6.68. The molecule has 5 rings (SSSR count). The van der Waals surface area contributed by atoms with E-state index in [1.54, 1.807) is 0 Å². The van der Waals surface area contributed by atoms with Crippen molar-refractivity contribution >= 4 is 100 Å². The van der Waals surface area contributed by atoms with Gasteiger partial charge in [-0.1, -0.05) is 35.2 Å². The summed E-state index contributed by atoms with van der Waals surface area (Å²) < 4.78 is 6.04. The van der Waals surface area contributed by atoms with E-state index in [4.69, 9.17) is 21.0 Å². The van der Waals surface area contributed by atoms with Crippen LogP contribution in [0.3, 0.4) is 0 Å². The fraction of sp³-hybridized carbons (Fsp3) is 0. The number of furan rings is 1. The molecule has 2 heterocycles. The Kier molecular flexibility index (Phi) is 4.74. The zero-order valence-corrected chi connectivity index (χ0v) is 18.9. The Morgan fingerprint density at radius 3 is 2.00 bits per heavy atom. The van der Waals surface area contributed by atoms with Gasteiger partial charge in [0, 0.05) is 21.9 Å². The lowest BCUT2D eigenvalue weighted by Crippen LogP contribution is -2.55. The molecule has 4 nitrogen and oxygen atoms in total. The van der Waals surface area contributed by atoms with Gasteiger partial charge in [-0.2, -0.15) is 9.97 Å². The first kappa shape index (κ1) is 20.0. The summed E-state index contributed by atoms with van der Waals surface area (Å²) in [5, 5.41) is 2.34. The molecule has 0 atom stereocenters. The van der Waals surface area contributed by atoms with Gasteiger partial charge in [-0.25, -0.2) is 4.98 Å². The number of hydrogen-bond donors (Lipinski definition) is 0. The lowest BCUT2D eigenvalue weighted by Gasteiger charge is -2.19. The molecule has 2 aromatic heterocycles. The standard InChI is InChI=1S/C21H17B5ClN3O/c22-14-13(15(23)17(25)18(26)16(14)24)20-28-19(29-21(27)30-20)8-5-6-10-9-3-1-2-4-11(9)31-12(10)7-8/h1-7H,22-26H2. The van der Waals surface area contributed by atoms with Crippen LogP contribution in [0.1, 0.15) is 0 Å². The molecule has 0 N–H and O–H groups in total. The van der Waals surface area contributed by atoms with E-state index in [1.165, 1.54) is 27.3 Å². The van der Waals surface area contributed by atoms with Crippen LogP contribution >= 0.6 is 11.6 Å². The molecule has 0 saturated heterocycles. The Hall–Kier alpha value is -2.92. The summed E-state index contributed by atoms with van der Waals surface area (Å²) in [6.07, 6.45) is 0. The quantitative estimate of drug-likeness (QED) is 0.289. The van der Waals surface area contributed by atoms with Crippen molar-refractivity contribution in [2.75, 3.05) is 0 Å². The number of nitrogens with zero attached hydrogens (tertiary/aromatic N) is 3. The number of rotatable bonds is 2. The van der Waals surface area contributed by atoms with E-state index < -0.39 is 0 Å². The van der Waals surface area contributed by atoms with Crippen LogP contribution in [0.4, 0.5) is 0 Å². The molecule has 0 aliphatic heterocycles. The normalized spacial score (nSPS) is 11.4. The van der Waals surface area contributed by atoms with Crippen molar-refractivity contribution in [2.45, 2.75) is 0 Å². The third-order valence-electron chi connectivity index (χ3n) is 6.47. The van der Waals surface area contributed by atoms with Crippen LogP contribution in [0.2, 0.25) is 5.28 Å². The predicted octanol–water partition coefficient (Wildman–Crippen LogP) is -2.95. The monoisotopic (exact) mass is 417 g/mol. The Morgan fingerprint density at radius 2 is 1.26 bits per heavy atom. The van der Waals surface area contributed by atoms with E-state index in [2.05, 4.69) is 55.3 Å². The van der Waals surface area contributed by atoms with Crippen molar-refractivity contribution in [3.63, 3.8) is 0 Å². The maximum absolute atomic E-state index is 6.36. The van der Waals surface area contributed by atoms with E-state index >= 15 is 0 Å². The van der Waals surface area contributed by atoms with Crippen molar-refractivity contribution in [1.82, 2.24) is 15.0 Å². The zero-order valence-electron chi connectivity index (χ0n) is 18.2. The van der Waals surface area contributed by atoms with Crippen molar-refractivity contribution in [3.8, 4) is 22.8 Å². The van der Waals surface area contributed by atoms with Crippen LogP contribution < -0.4 is 27.3 Å². The van der Waals surface area contributed by atoms with E-state index in [9.17, 15) is 0 Å².